The summed E-state index contributed by atoms with van der Waals surface area (Å²) in [6, 6.07) is 5.44. The molecular weight excluding hydrogens is 406 g/mol. The van der Waals surface area contributed by atoms with Crippen LogP contribution in [0.25, 0.3) is 10.3 Å². The van der Waals surface area contributed by atoms with Crippen LogP contribution in [-0.4, -0.2) is 40.2 Å². The summed E-state index contributed by atoms with van der Waals surface area (Å²) in [6.45, 7) is 3.39. The van der Waals surface area contributed by atoms with Gasteiger partial charge in [-0.2, -0.15) is 0 Å². The molecule has 10 heteroatoms. The molecule has 1 amide bonds. The van der Waals surface area contributed by atoms with E-state index in [0.717, 1.165) is 36.1 Å². The first kappa shape index (κ1) is 20.1. The van der Waals surface area contributed by atoms with Gasteiger partial charge in [0.15, 0.2) is 10.8 Å². The molecule has 1 aliphatic heterocycles. The van der Waals surface area contributed by atoms with Crippen molar-refractivity contribution in [2.24, 2.45) is 7.05 Å². The zero-order valence-corrected chi connectivity index (χ0v) is 17.9. The van der Waals surface area contributed by atoms with E-state index in [4.69, 9.17) is 4.74 Å². The molecule has 0 spiro atoms. The van der Waals surface area contributed by atoms with E-state index in [9.17, 15) is 14.4 Å². The number of nitrogens with one attached hydrogen (secondary N) is 1. The van der Waals surface area contributed by atoms with Crippen molar-refractivity contribution in [3.8, 4) is 5.75 Å². The minimum absolute atomic E-state index is 0.251. The Hall–Kier alpha value is -3.14. The minimum Gasteiger partial charge on any atom is -0.495 e. The lowest BCUT2D eigenvalue weighted by molar-refractivity contribution is -0.116. The fourth-order valence-electron chi connectivity index (χ4n) is 3.57. The number of rotatable bonds is 5. The van der Waals surface area contributed by atoms with Gasteiger partial charge in [-0.05, 0) is 37.5 Å². The molecule has 0 saturated carbocycles. The summed E-state index contributed by atoms with van der Waals surface area (Å²) in [5, 5.41) is 3.50. The lowest BCUT2D eigenvalue weighted by Gasteiger charge is -2.13. The molecule has 0 atom stereocenters. The van der Waals surface area contributed by atoms with Gasteiger partial charge in [0.1, 0.15) is 17.0 Å². The summed E-state index contributed by atoms with van der Waals surface area (Å²) < 4.78 is 7.95. The van der Waals surface area contributed by atoms with Crippen LogP contribution in [0.1, 0.15) is 18.4 Å². The van der Waals surface area contributed by atoms with Crippen LogP contribution in [0.15, 0.2) is 27.8 Å². The predicted molar refractivity (Wildman–Crippen MR) is 117 cm³/mol. The molecule has 4 rings (SSSR count). The second-order valence-electron chi connectivity index (χ2n) is 7.33. The van der Waals surface area contributed by atoms with Gasteiger partial charge in [0.2, 0.25) is 5.91 Å². The Labute approximate surface area is 176 Å². The number of hydrogen-bond donors (Lipinski definition) is 1. The number of benzene rings is 1. The third kappa shape index (κ3) is 3.58. The summed E-state index contributed by atoms with van der Waals surface area (Å²) in [7, 11) is 2.94. The van der Waals surface area contributed by atoms with E-state index < -0.39 is 17.2 Å². The largest absolute Gasteiger partial charge is 0.495 e. The molecule has 158 valence electrons. The average Bonchev–Trinajstić information content (AvgIpc) is 3.39. The number of aromatic nitrogens is 3. The van der Waals surface area contributed by atoms with Crippen LogP contribution in [0.3, 0.4) is 0 Å². The molecule has 3 aromatic rings. The summed E-state index contributed by atoms with van der Waals surface area (Å²) in [4.78, 5) is 44.8. The van der Waals surface area contributed by atoms with Crippen molar-refractivity contribution in [3.05, 3.63) is 44.6 Å². The van der Waals surface area contributed by atoms with Gasteiger partial charge in [-0.3, -0.25) is 18.7 Å². The van der Waals surface area contributed by atoms with E-state index >= 15 is 0 Å². The van der Waals surface area contributed by atoms with E-state index in [-0.39, 0.29) is 12.2 Å². The number of carbonyl (C=O) groups is 1. The Balaban J connectivity index is 1.71. The maximum atomic E-state index is 12.8. The first-order chi connectivity index (χ1) is 14.4. The molecule has 1 aliphatic rings. The number of nitrogens with zero attached hydrogens (tertiary/aromatic N) is 4. The zero-order valence-electron chi connectivity index (χ0n) is 17.1. The first-order valence-corrected chi connectivity index (χ1v) is 10.5. The molecule has 9 nitrogen and oxygen atoms in total. The lowest BCUT2D eigenvalue weighted by atomic mass is 10.2. The molecule has 0 radical (unpaired) electrons. The number of amides is 1. The number of ether oxygens (including phenoxy) is 1. The number of methoxy groups -OCH3 is 1. The van der Waals surface area contributed by atoms with Crippen molar-refractivity contribution in [2.45, 2.75) is 26.3 Å². The molecule has 1 saturated heterocycles. The van der Waals surface area contributed by atoms with Crippen molar-refractivity contribution < 1.29 is 9.53 Å². The third-order valence-electron chi connectivity index (χ3n) is 5.18. The lowest BCUT2D eigenvalue weighted by Crippen LogP contribution is -2.39. The summed E-state index contributed by atoms with van der Waals surface area (Å²) in [5.74, 6) is 0.119. The second-order valence-corrected chi connectivity index (χ2v) is 8.31. The van der Waals surface area contributed by atoms with Gasteiger partial charge in [0.25, 0.3) is 5.56 Å². The Kier molecular flexibility index (Phi) is 5.33. The van der Waals surface area contributed by atoms with Crippen molar-refractivity contribution in [1.29, 1.82) is 0 Å². The molecule has 0 aliphatic carbocycles. The van der Waals surface area contributed by atoms with E-state index in [1.54, 1.807) is 12.1 Å². The highest BCUT2D eigenvalue weighted by molar-refractivity contribution is 7.22. The van der Waals surface area contributed by atoms with Crippen LogP contribution >= 0.6 is 11.3 Å². The zero-order chi connectivity index (χ0) is 21.4. The van der Waals surface area contributed by atoms with Gasteiger partial charge in [-0.1, -0.05) is 17.4 Å². The predicted octanol–water partition coefficient (Wildman–Crippen LogP) is 1.71. The van der Waals surface area contributed by atoms with Gasteiger partial charge in [0.05, 0.1) is 12.8 Å². The molecule has 1 N–H and O–H groups in total. The maximum absolute atomic E-state index is 12.8. The Bertz CT molecular complexity index is 1240. The average molecular weight is 430 g/mol. The van der Waals surface area contributed by atoms with E-state index in [2.05, 4.69) is 15.2 Å². The molecule has 1 fully saturated rings. The van der Waals surface area contributed by atoms with E-state index in [1.165, 1.54) is 30.1 Å². The number of hydrogen-bond acceptors (Lipinski definition) is 7. The van der Waals surface area contributed by atoms with Crippen molar-refractivity contribution in [3.63, 3.8) is 0 Å². The summed E-state index contributed by atoms with van der Waals surface area (Å²) >= 11 is 1.27. The van der Waals surface area contributed by atoms with Gasteiger partial charge in [-0.15, -0.1) is 0 Å². The fraction of sp³-hybridized carbons (Fsp3) is 0.400. The number of anilines is 2. The topological polar surface area (TPSA) is 98.5 Å². The standard InChI is InChI=1S/C20H23N5O4S/c1-12-6-7-14(29-3)13(10-12)21-15(26)11-25-17-16(18(27)23(2)20(25)28)30-19(22-17)24-8-4-5-9-24/h6-7,10H,4-5,8-9,11H2,1-3H3,(H,21,26). The van der Waals surface area contributed by atoms with Gasteiger partial charge < -0.3 is 15.0 Å². The maximum Gasteiger partial charge on any atom is 0.332 e. The van der Waals surface area contributed by atoms with Crippen molar-refractivity contribution in [1.82, 2.24) is 14.1 Å². The van der Waals surface area contributed by atoms with Gasteiger partial charge >= 0.3 is 5.69 Å². The highest BCUT2D eigenvalue weighted by Gasteiger charge is 2.22. The van der Waals surface area contributed by atoms with E-state index in [1.807, 2.05) is 13.0 Å². The summed E-state index contributed by atoms with van der Waals surface area (Å²) in [6.07, 6.45) is 2.14. The van der Waals surface area contributed by atoms with Gasteiger partial charge in [-0.25, -0.2) is 9.78 Å². The van der Waals surface area contributed by atoms with Crippen LogP contribution in [0.5, 0.6) is 5.75 Å². The van der Waals surface area contributed by atoms with Crippen LogP contribution in [-0.2, 0) is 18.4 Å². The molecule has 3 heterocycles. The Morgan fingerprint density at radius 1 is 1.27 bits per heavy atom. The van der Waals surface area contributed by atoms with Crippen molar-refractivity contribution in [2.75, 3.05) is 30.4 Å². The molecule has 0 unspecified atom stereocenters. The highest BCUT2D eigenvalue weighted by atomic mass is 32.1. The van der Waals surface area contributed by atoms with Crippen molar-refractivity contribution >= 4 is 38.4 Å². The molecular formula is C20H23N5O4S. The number of fused-ring (bicyclic) bond motifs is 1. The van der Waals surface area contributed by atoms with Crippen LogP contribution in [0, 0.1) is 6.92 Å². The molecule has 0 bridgehead atoms. The van der Waals surface area contributed by atoms with Crippen LogP contribution < -0.4 is 26.2 Å². The normalized spacial score (nSPS) is 13.8. The highest BCUT2D eigenvalue weighted by Crippen LogP contribution is 2.29. The first-order valence-electron chi connectivity index (χ1n) is 9.69. The molecule has 30 heavy (non-hydrogen) atoms. The van der Waals surface area contributed by atoms with E-state index in [0.29, 0.717) is 21.3 Å². The quantitative estimate of drug-likeness (QED) is 0.663. The number of carbonyl (C=O) groups excluding carboxylic acids is 1. The SMILES string of the molecule is COc1ccc(C)cc1NC(=O)Cn1c(=O)n(C)c(=O)c2sc(N3CCCC3)nc21. The number of thiazole rings is 1. The third-order valence-corrected chi connectivity index (χ3v) is 6.27. The van der Waals surface area contributed by atoms with Crippen LogP contribution in [0.2, 0.25) is 0 Å². The Morgan fingerprint density at radius 2 is 2.00 bits per heavy atom. The molecule has 2 aromatic heterocycles. The second kappa shape index (κ2) is 7.94. The van der Waals surface area contributed by atoms with Crippen LogP contribution in [0.4, 0.5) is 10.8 Å². The number of aryl methyl sites for hydroxylation is 1. The molecule has 1 aromatic carbocycles. The minimum atomic E-state index is -0.572. The monoisotopic (exact) mass is 429 g/mol. The van der Waals surface area contributed by atoms with Gasteiger partial charge in [0, 0.05) is 20.1 Å². The Morgan fingerprint density at radius 3 is 2.70 bits per heavy atom. The summed E-state index contributed by atoms with van der Waals surface area (Å²) in [5.41, 5.74) is 0.767. The smallest absolute Gasteiger partial charge is 0.332 e. The fourth-order valence-corrected chi connectivity index (χ4v) is 4.67.